The first kappa shape index (κ1) is 18.8. The van der Waals surface area contributed by atoms with E-state index in [1.807, 2.05) is 18.2 Å². The molecule has 27 heavy (non-hydrogen) atoms. The Kier molecular flexibility index (Phi) is 4.94. The summed E-state index contributed by atoms with van der Waals surface area (Å²) in [6.45, 7) is 2.12. The normalized spacial score (nSPS) is 20.1. The Morgan fingerprint density at radius 1 is 1.26 bits per heavy atom. The van der Waals surface area contributed by atoms with E-state index >= 15 is 0 Å². The van der Waals surface area contributed by atoms with Crippen molar-refractivity contribution in [2.75, 3.05) is 5.32 Å². The number of amides is 1. The van der Waals surface area contributed by atoms with Crippen molar-refractivity contribution in [1.82, 2.24) is 0 Å². The maximum Gasteiger partial charge on any atom is 0.224 e. The van der Waals surface area contributed by atoms with Gasteiger partial charge in [0.1, 0.15) is 5.82 Å². The Bertz CT molecular complexity index is 890. The number of hydrogen-bond acceptors (Lipinski definition) is 1. The van der Waals surface area contributed by atoms with Crippen LogP contribution in [0.1, 0.15) is 55.2 Å². The molecule has 0 aliphatic heterocycles. The summed E-state index contributed by atoms with van der Waals surface area (Å²) in [6.07, 6.45) is 5.27. The zero-order valence-corrected chi connectivity index (χ0v) is 16.8. The number of carbonyl (C=O) groups excluding carboxylic acids is 1. The molecule has 1 saturated carbocycles. The molecule has 2 aliphatic rings. The summed E-state index contributed by atoms with van der Waals surface area (Å²) >= 11 is 13.1. The van der Waals surface area contributed by atoms with Gasteiger partial charge in [0.25, 0.3) is 0 Å². The monoisotopic (exact) mass is 405 g/mol. The van der Waals surface area contributed by atoms with E-state index in [1.165, 1.54) is 12.1 Å². The van der Waals surface area contributed by atoms with Gasteiger partial charge < -0.3 is 5.32 Å². The Balaban J connectivity index is 1.58. The average molecular weight is 406 g/mol. The highest BCUT2D eigenvalue weighted by molar-refractivity contribution is 6.40. The highest BCUT2D eigenvalue weighted by Crippen LogP contribution is 2.48. The van der Waals surface area contributed by atoms with E-state index in [-0.39, 0.29) is 23.1 Å². The van der Waals surface area contributed by atoms with Crippen molar-refractivity contribution in [3.8, 4) is 0 Å². The van der Waals surface area contributed by atoms with Crippen LogP contribution in [0.3, 0.4) is 0 Å². The van der Waals surface area contributed by atoms with Crippen LogP contribution in [0.15, 0.2) is 30.3 Å². The number of halogens is 3. The van der Waals surface area contributed by atoms with Gasteiger partial charge in [0.15, 0.2) is 0 Å². The molecule has 2 aromatic rings. The average Bonchev–Trinajstić information content (AvgIpc) is 3.36. The Morgan fingerprint density at radius 2 is 1.96 bits per heavy atom. The van der Waals surface area contributed by atoms with E-state index in [0.29, 0.717) is 22.2 Å². The van der Waals surface area contributed by atoms with Crippen LogP contribution in [-0.2, 0) is 17.6 Å². The minimum Gasteiger partial charge on any atom is -0.324 e. The van der Waals surface area contributed by atoms with Gasteiger partial charge in [-0.15, -0.1) is 0 Å². The van der Waals surface area contributed by atoms with Crippen LogP contribution in [0, 0.1) is 11.2 Å². The number of carbonyl (C=O) groups is 1. The van der Waals surface area contributed by atoms with Gasteiger partial charge in [-0.2, -0.15) is 0 Å². The summed E-state index contributed by atoms with van der Waals surface area (Å²) in [5.74, 6) is 0.0180. The first-order valence-corrected chi connectivity index (χ1v) is 10.2. The summed E-state index contributed by atoms with van der Waals surface area (Å²) in [5, 5.41) is 3.97. The smallest absolute Gasteiger partial charge is 0.224 e. The SMILES string of the molecule is CC1(CC(=O)Nc2c(Cl)cc3c(c2Cl)CC(c2ccc(F)cc2)CC3)CC1. The van der Waals surface area contributed by atoms with Crippen LogP contribution in [-0.4, -0.2) is 5.91 Å². The molecule has 1 amide bonds. The lowest BCUT2D eigenvalue weighted by Gasteiger charge is -2.27. The fourth-order valence-corrected chi connectivity index (χ4v) is 4.60. The van der Waals surface area contributed by atoms with E-state index in [0.717, 1.165) is 48.8 Å². The molecule has 1 fully saturated rings. The number of hydrogen-bond donors (Lipinski definition) is 1. The minimum absolute atomic E-state index is 0.0374. The summed E-state index contributed by atoms with van der Waals surface area (Å²) < 4.78 is 13.2. The lowest BCUT2D eigenvalue weighted by Crippen LogP contribution is -2.18. The maximum absolute atomic E-state index is 13.2. The second-order valence-electron chi connectivity index (χ2n) is 8.21. The number of nitrogens with one attached hydrogen (secondary N) is 1. The summed E-state index contributed by atoms with van der Waals surface area (Å²) in [5.41, 5.74) is 3.93. The van der Waals surface area contributed by atoms with Gasteiger partial charge in [0.2, 0.25) is 5.91 Å². The second-order valence-corrected chi connectivity index (χ2v) is 9.00. The predicted molar refractivity (Wildman–Crippen MR) is 108 cm³/mol. The molecule has 0 bridgehead atoms. The topological polar surface area (TPSA) is 29.1 Å². The molecule has 0 aromatic heterocycles. The third-order valence-corrected chi connectivity index (χ3v) is 6.64. The first-order chi connectivity index (χ1) is 12.8. The molecule has 0 radical (unpaired) electrons. The lowest BCUT2D eigenvalue weighted by atomic mass is 9.80. The molecule has 2 aliphatic carbocycles. The van der Waals surface area contributed by atoms with Crippen LogP contribution in [0.2, 0.25) is 10.0 Å². The van der Waals surface area contributed by atoms with E-state index in [4.69, 9.17) is 23.2 Å². The Hall–Kier alpha value is -1.58. The highest BCUT2D eigenvalue weighted by atomic mass is 35.5. The van der Waals surface area contributed by atoms with Crippen LogP contribution in [0.4, 0.5) is 10.1 Å². The number of anilines is 1. The van der Waals surface area contributed by atoms with Crippen molar-refractivity contribution >= 4 is 34.8 Å². The van der Waals surface area contributed by atoms with Gasteiger partial charge >= 0.3 is 0 Å². The van der Waals surface area contributed by atoms with E-state index in [1.54, 1.807) is 0 Å². The molecule has 0 saturated heterocycles. The van der Waals surface area contributed by atoms with Crippen molar-refractivity contribution in [3.63, 3.8) is 0 Å². The molecule has 1 N–H and O–H groups in total. The molecule has 0 heterocycles. The number of rotatable bonds is 4. The van der Waals surface area contributed by atoms with Crippen molar-refractivity contribution in [1.29, 1.82) is 0 Å². The van der Waals surface area contributed by atoms with Crippen molar-refractivity contribution < 1.29 is 9.18 Å². The lowest BCUT2D eigenvalue weighted by molar-refractivity contribution is -0.117. The van der Waals surface area contributed by atoms with Gasteiger partial charge in [-0.3, -0.25) is 4.79 Å². The summed E-state index contributed by atoms with van der Waals surface area (Å²) in [7, 11) is 0. The number of aryl methyl sites for hydroxylation is 1. The summed E-state index contributed by atoms with van der Waals surface area (Å²) in [4.78, 5) is 12.4. The molecule has 1 atom stereocenters. The predicted octanol–water partition coefficient (Wildman–Crippen LogP) is 6.53. The first-order valence-electron chi connectivity index (χ1n) is 9.40. The third kappa shape index (κ3) is 4.00. The van der Waals surface area contributed by atoms with Gasteiger partial charge in [-0.1, -0.05) is 42.3 Å². The molecular weight excluding hydrogens is 384 g/mol. The van der Waals surface area contributed by atoms with Crippen LogP contribution >= 0.6 is 23.2 Å². The van der Waals surface area contributed by atoms with Gasteiger partial charge in [0, 0.05) is 6.42 Å². The fraction of sp³-hybridized carbons (Fsp3) is 0.409. The fourth-order valence-electron chi connectivity index (χ4n) is 3.93. The zero-order valence-electron chi connectivity index (χ0n) is 15.2. The second kappa shape index (κ2) is 7.10. The molecule has 5 heteroatoms. The van der Waals surface area contributed by atoms with Gasteiger partial charge in [-0.25, -0.2) is 4.39 Å². The zero-order chi connectivity index (χ0) is 19.2. The van der Waals surface area contributed by atoms with Crippen LogP contribution < -0.4 is 5.32 Å². The minimum atomic E-state index is -0.228. The highest BCUT2D eigenvalue weighted by Gasteiger charge is 2.39. The van der Waals surface area contributed by atoms with Crippen molar-refractivity contribution in [3.05, 3.63) is 62.9 Å². The van der Waals surface area contributed by atoms with E-state index in [2.05, 4.69) is 12.2 Å². The molecule has 4 rings (SSSR count). The van der Waals surface area contributed by atoms with Crippen molar-refractivity contribution in [2.24, 2.45) is 5.41 Å². The quantitative estimate of drug-likeness (QED) is 0.614. The van der Waals surface area contributed by atoms with Crippen molar-refractivity contribution in [2.45, 2.75) is 51.4 Å². The van der Waals surface area contributed by atoms with Crippen LogP contribution in [0.25, 0.3) is 0 Å². The molecule has 2 aromatic carbocycles. The van der Waals surface area contributed by atoms with Crippen LogP contribution in [0.5, 0.6) is 0 Å². The largest absolute Gasteiger partial charge is 0.324 e. The third-order valence-electron chi connectivity index (χ3n) is 5.92. The maximum atomic E-state index is 13.2. The van der Waals surface area contributed by atoms with Gasteiger partial charge in [0.05, 0.1) is 15.7 Å². The Morgan fingerprint density at radius 3 is 2.63 bits per heavy atom. The molecule has 2 nitrogen and oxygen atoms in total. The number of benzene rings is 2. The number of fused-ring (bicyclic) bond motifs is 1. The molecule has 142 valence electrons. The molecule has 0 spiro atoms. The molecule has 1 unspecified atom stereocenters. The molecular formula is C22H22Cl2FNO. The summed E-state index contributed by atoms with van der Waals surface area (Å²) in [6, 6.07) is 8.61. The van der Waals surface area contributed by atoms with Gasteiger partial charge in [-0.05, 0) is 78.3 Å². The Labute approximate surface area is 169 Å². The van der Waals surface area contributed by atoms with E-state index < -0.39 is 0 Å². The van der Waals surface area contributed by atoms with E-state index in [9.17, 15) is 9.18 Å². The standard InChI is InChI=1S/C22H22Cl2FNO/c1-22(8-9-22)12-19(27)26-21-18(23)11-15-3-2-14(10-17(15)20(21)24)13-4-6-16(25)7-5-13/h4-7,11,14H,2-3,8-10,12H2,1H3,(H,26,27).